The molecule has 2 aliphatic heterocycles. The van der Waals surface area contributed by atoms with Crippen LogP contribution in [-0.2, 0) is 4.79 Å². The van der Waals surface area contributed by atoms with Crippen LogP contribution in [0.2, 0.25) is 0 Å². The van der Waals surface area contributed by atoms with Crippen molar-refractivity contribution in [3.63, 3.8) is 0 Å². The zero-order valence-corrected chi connectivity index (χ0v) is 16.5. The number of fused-ring (bicyclic) bond motifs is 1. The largest absolute Gasteiger partial charge is 0.318 e. The highest BCUT2D eigenvalue weighted by Crippen LogP contribution is 2.29. The predicted molar refractivity (Wildman–Crippen MR) is 111 cm³/mol. The fourth-order valence-electron chi connectivity index (χ4n) is 3.55. The summed E-state index contributed by atoms with van der Waals surface area (Å²) in [5.74, 6) is -0.193. The molecule has 0 atom stereocenters. The fraction of sp³-hybridized carbons (Fsp3) is 0.190. The SMILES string of the molecule is Cc1ccc(-n2c(C)cc(/C=C3/C(=N)N4C=CSC4=NC3=O)c2C)c(C)c1. The molecule has 5 nitrogen and oxygen atoms in total. The summed E-state index contributed by atoms with van der Waals surface area (Å²) in [6.07, 6.45) is 3.55. The maximum atomic E-state index is 12.4. The van der Waals surface area contributed by atoms with Crippen LogP contribution in [0.25, 0.3) is 11.8 Å². The molecule has 2 aliphatic rings. The van der Waals surface area contributed by atoms with E-state index in [9.17, 15) is 4.79 Å². The van der Waals surface area contributed by atoms with Gasteiger partial charge in [0.15, 0.2) is 5.17 Å². The molecule has 0 spiro atoms. The Morgan fingerprint density at radius 2 is 1.93 bits per heavy atom. The summed E-state index contributed by atoms with van der Waals surface area (Å²) in [6, 6.07) is 8.45. The van der Waals surface area contributed by atoms with Crippen molar-refractivity contribution in [1.29, 1.82) is 5.41 Å². The summed E-state index contributed by atoms with van der Waals surface area (Å²) >= 11 is 1.35. The molecule has 136 valence electrons. The number of hydrogen-bond donors (Lipinski definition) is 1. The smallest absolute Gasteiger partial charge is 0.283 e. The number of carbonyl (C=O) groups is 1. The van der Waals surface area contributed by atoms with Gasteiger partial charge in [0.05, 0.1) is 5.57 Å². The quantitative estimate of drug-likeness (QED) is 0.786. The number of carbonyl (C=O) groups excluding carboxylic acids is 1. The lowest BCUT2D eigenvalue weighted by Gasteiger charge is -2.22. The number of thioether (sulfide) groups is 1. The number of amidine groups is 2. The third-order valence-corrected chi connectivity index (χ3v) is 5.63. The van der Waals surface area contributed by atoms with Crippen molar-refractivity contribution in [3.8, 4) is 5.69 Å². The maximum absolute atomic E-state index is 12.4. The summed E-state index contributed by atoms with van der Waals surface area (Å²) in [6.45, 7) is 8.28. The van der Waals surface area contributed by atoms with Gasteiger partial charge in [-0.2, -0.15) is 4.99 Å². The van der Waals surface area contributed by atoms with Gasteiger partial charge in [-0.1, -0.05) is 29.5 Å². The van der Waals surface area contributed by atoms with Crippen LogP contribution in [0.15, 0.2) is 46.4 Å². The van der Waals surface area contributed by atoms with Gasteiger partial charge in [0.25, 0.3) is 5.91 Å². The number of aromatic nitrogens is 1. The summed E-state index contributed by atoms with van der Waals surface area (Å²) in [7, 11) is 0. The van der Waals surface area contributed by atoms with E-state index in [-0.39, 0.29) is 11.7 Å². The highest BCUT2D eigenvalue weighted by Gasteiger charge is 2.31. The minimum absolute atomic E-state index is 0.169. The molecule has 0 bridgehead atoms. The molecule has 1 amide bonds. The molecule has 3 heterocycles. The van der Waals surface area contributed by atoms with Gasteiger partial charge in [-0.05, 0) is 62.4 Å². The Morgan fingerprint density at radius 3 is 2.67 bits per heavy atom. The Bertz CT molecular complexity index is 1090. The van der Waals surface area contributed by atoms with E-state index >= 15 is 0 Å². The molecular formula is C21H20N4OS. The standard InChI is InChI=1S/C21H20N4OS/c1-12-5-6-18(13(2)9-12)25-14(3)10-16(15(25)4)11-17-19(22)24-7-8-27-21(24)23-20(17)26/h5-11,22H,1-4H3/b17-11-,22-19?. The van der Waals surface area contributed by atoms with Gasteiger partial charge in [0.1, 0.15) is 5.84 Å². The number of benzene rings is 1. The normalized spacial score (nSPS) is 17.7. The Hall–Kier alpha value is -2.86. The lowest BCUT2D eigenvalue weighted by atomic mass is 10.1. The molecule has 0 unspecified atom stereocenters. The van der Waals surface area contributed by atoms with Crippen molar-refractivity contribution < 1.29 is 4.79 Å². The second kappa shape index (κ2) is 6.39. The first kappa shape index (κ1) is 17.5. The molecular weight excluding hydrogens is 356 g/mol. The first-order valence-corrected chi connectivity index (χ1v) is 9.57. The van der Waals surface area contributed by atoms with Gasteiger partial charge in [-0.15, -0.1) is 0 Å². The summed E-state index contributed by atoms with van der Waals surface area (Å²) in [4.78, 5) is 18.2. The van der Waals surface area contributed by atoms with E-state index in [2.05, 4.69) is 54.6 Å². The number of hydrogen-bond acceptors (Lipinski definition) is 3. The van der Waals surface area contributed by atoms with Crippen molar-refractivity contribution in [1.82, 2.24) is 9.47 Å². The van der Waals surface area contributed by atoms with Crippen molar-refractivity contribution in [2.75, 3.05) is 0 Å². The van der Waals surface area contributed by atoms with Crippen LogP contribution in [0.5, 0.6) is 0 Å². The van der Waals surface area contributed by atoms with Gasteiger partial charge in [0, 0.05) is 23.3 Å². The van der Waals surface area contributed by atoms with Crippen molar-refractivity contribution in [2.45, 2.75) is 27.7 Å². The molecule has 0 aliphatic carbocycles. The lowest BCUT2D eigenvalue weighted by molar-refractivity contribution is -0.114. The number of aliphatic imine (C=N–C) groups is 1. The Balaban J connectivity index is 1.80. The van der Waals surface area contributed by atoms with Crippen LogP contribution in [0.3, 0.4) is 0 Å². The summed E-state index contributed by atoms with van der Waals surface area (Å²) in [5, 5.41) is 10.8. The average Bonchev–Trinajstić information content (AvgIpc) is 3.17. The highest BCUT2D eigenvalue weighted by molar-refractivity contribution is 8.16. The van der Waals surface area contributed by atoms with Crippen LogP contribution < -0.4 is 0 Å². The molecule has 0 radical (unpaired) electrons. The number of aryl methyl sites for hydroxylation is 3. The van der Waals surface area contributed by atoms with E-state index in [0.29, 0.717) is 10.7 Å². The van der Waals surface area contributed by atoms with Gasteiger partial charge < -0.3 is 4.57 Å². The van der Waals surface area contributed by atoms with E-state index in [1.54, 1.807) is 17.2 Å². The van der Waals surface area contributed by atoms with Crippen molar-refractivity contribution in [2.24, 2.45) is 4.99 Å². The zero-order chi connectivity index (χ0) is 19.3. The molecule has 27 heavy (non-hydrogen) atoms. The number of amides is 1. The fourth-order valence-corrected chi connectivity index (χ4v) is 4.25. The van der Waals surface area contributed by atoms with E-state index in [0.717, 1.165) is 22.6 Å². The molecule has 0 fully saturated rings. The van der Waals surface area contributed by atoms with E-state index in [1.165, 1.54) is 22.9 Å². The molecule has 2 aromatic rings. The predicted octanol–water partition coefficient (Wildman–Crippen LogP) is 4.49. The van der Waals surface area contributed by atoms with Crippen molar-refractivity contribution in [3.05, 3.63) is 69.5 Å². The third-order valence-electron chi connectivity index (χ3n) is 4.88. The highest BCUT2D eigenvalue weighted by atomic mass is 32.2. The van der Waals surface area contributed by atoms with Gasteiger partial charge >= 0.3 is 0 Å². The van der Waals surface area contributed by atoms with E-state index in [4.69, 9.17) is 5.41 Å². The van der Waals surface area contributed by atoms with Gasteiger partial charge in [0.2, 0.25) is 0 Å². The lowest BCUT2D eigenvalue weighted by Crippen LogP contribution is -2.35. The van der Waals surface area contributed by atoms with Crippen LogP contribution >= 0.6 is 11.8 Å². The Morgan fingerprint density at radius 1 is 1.15 bits per heavy atom. The minimum Gasteiger partial charge on any atom is -0.318 e. The summed E-state index contributed by atoms with van der Waals surface area (Å²) < 4.78 is 2.19. The number of nitrogens with zero attached hydrogens (tertiary/aromatic N) is 3. The van der Waals surface area contributed by atoms with Gasteiger partial charge in [-0.25, -0.2) is 0 Å². The Kier molecular flexibility index (Phi) is 4.15. The Labute approximate surface area is 162 Å². The second-order valence-corrected chi connectivity index (χ2v) is 7.70. The molecule has 1 N–H and O–H groups in total. The average molecular weight is 376 g/mol. The van der Waals surface area contributed by atoms with Crippen molar-refractivity contribution >= 4 is 34.7 Å². The van der Waals surface area contributed by atoms with Crippen LogP contribution in [0, 0.1) is 33.1 Å². The van der Waals surface area contributed by atoms with Crippen LogP contribution in [0.4, 0.5) is 0 Å². The van der Waals surface area contributed by atoms with Crippen LogP contribution in [0.1, 0.15) is 28.1 Å². The maximum Gasteiger partial charge on any atom is 0.283 e. The molecule has 1 aromatic heterocycles. The molecule has 6 heteroatoms. The van der Waals surface area contributed by atoms with E-state index < -0.39 is 0 Å². The second-order valence-electron chi connectivity index (χ2n) is 6.83. The number of nitrogens with one attached hydrogen (secondary N) is 1. The first-order chi connectivity index (χ1) is 12.9. The summed E-state index contributed by atoms with van der Waals surface area (Å²) in [5.41, 5.74) is 6.92. The van der Waals surface area contributed by atoms with Crippen LogP contribution in [-0.4, -0.2) is 26.4 Å². The molecule has 0 saturated carbocycles. The first-order valence-electron chi connectivity index (χ1n) is 8.69. The molecule has 1 aromatic carbocycles. The van der Waals surface area contributed by atoms with Gasteiger partial charge in [-0.3, -0.25) is 15.1 Å². The monoisotopic (exact) mass is 376 g/mol. The topological polar surface area (TPSA) is 61.5 Å². The third kappa shape index (κ3) is 2.86. The molecule has 4 rings (SSSR count). The molecule has 0 saturated heterocycles. The zero-order valence-electron chi connectivity index (χ0n) is 15.7. The van der Waals surface area contributed by atoms with E-state index in [1.807, 2.05) is 12.3 Å². The minimum atomic E-state index is -0.362. The number of rotatable bonds is 2.